The third kappa shape index (κ3) is 1.37. The van der Waals surface area contributed by atoms with E-state index in [1.54, 1.807) is 18.3 Å². The number of aromatic amines is 1. The molecule has 2 N–H and O–H groups in total. The minimum Gasteiger partial charge on any atom is -0.496 e. The van der Waals surface area contributed by atoms with E-state index in [0.29, 0.717) is 16.7 Å². The number of nitrogens with one attached hydrogen (secondary N) is 1. The molecule has 0 aliphatic heterocycles. The van der Waals surface area contributed by atoms with E-state index in [0.717, 1.165) is 0 Å². The number of hydrogen-bond donors (Lipinski definition) is 2. The second kappa shape index (κ2) is 3.77. The van der Waals surface area contributed by atoms with Crippen LogP contribution in [0.3, 0.4) is 0 Å². The summed E-state index contributed by atoms with van der Waals surface area (Å²) < 4.78 is 10.2. The third-order valence-electron chi connectivity index (χ3n) is 2.43. The minimum atomic E-state index is -1.02. The molecule has 0 radical (unpaired) electrons. The molecule has 5 heteroatoms. The van der Waals surface area contributed by atoms with Crippen LogP contribution in [-0.2, 0) is 0 Å². The maximum absolute atomic E-state index is 11.2. The number of H-pyrrole nitrogens is 1. The number of carbonyl (C=O) groups is 1. The van der Waals surface area contributed by atoms with Crippen LogP contribution in [0.1, 0.15) is 10.4 Å². The van der Waals surface area contributed by atoms with Gasteiger partial charge in [0.1, 0.15) is 17.1 Å². The molecule has 0 amide bonds. The highest BCUT2D eigenvalue weighted by Crippen LogP contribution is 2.34. The zero-order valence-electron chi connectivity index (χ0n) is 8.90. The van der Waals surface area contributed by atoms with Crippen molar-refractivity contribution in [3.05, 3.63) is 23.9 Å². The number of carboxylic acids is 1. The Bertz CT molecular complexity index is 544. The maximum atomic E-state index is 11.2. The van der Waals surface area contributed by atoms with E-state index >= 15 is 0 Å². The molecule has 0 bridgehead atoms. The van der Waals surface area contributed by atoms with Gasteiger partial charge in [0, 0.05) is 17.6 Å². The first-order valence-corrected chi connectivity index (χ1v) is 4.64. The van der Waals surface area contributed by atoms with Gasteiger partial charge >= 0.3 is 5.97 Å². The highest BCUT2D eigenvalue weighted by atomic mass is 16.5. The van der Waals surface area contributed by atoms with Gasteiger partial charge in [0.2, 0.25) is 0 Å². The molecule has 0 aliphatic rings. The van der Waals surface area contributed by atoms with E-state index in [2.05, 4.69) is 4.98 Å². The summed E-state index contributed by atoms with van der Waals surface area (Å²) in [6, 6.07) is 3.24. The van der Waals surface area contributed by atoms with E-state index in [1.807, 2.05) is 0 Å². The number of rotatable bonds is 3. The molecule has 0 unspecified atom stereocenters. The van der Waals surface area contributed by atoms with Gasteiger partial charge in [-0.05, 0) is 6.07 Å². The Morgan fingerprint density at radius 3 is 2.56 bits per heavy atom. The van der Waals surface area contributed by atoms with Crippen molar-refractivity contribution in [3.63, 3.8) is 0 Å². The van der Waals surface area contributed by atoms with Crippen LogP contribution in [0.15, 0.2) is 18.3 Å². The van der Waals surface area contributed by atoms with Crippen molar-refractivity contribution in [1.29, 1.82) is 0 Å². The van der Waals surface area contributed by atoms with E-state index in [4.69, 9.17) is 14.6 Å². The summed E-state index contributed by atoms with van der Waals surface area (Å²) in [5.41, 5.74) is 0.792. The fraction of sp³-hybridized carbons (Fsp3) is 0.182. The Morgan fingerprint density at radius 1 is 1.31 bits per heavy atom. The van der Waals surface area contributed by atoms with Gasteiger partial charge in [0.15, 0.2) is 0 Å². The lowest BCUT2D eigenvalue weighted by Gasteiger charge is -2.09. The molecule has 0 atom stereocenters. The second-order valence-corrected chi connectivity index (χ2v) is 3.23. The number of methoxy groups -OCH3 is 2. The number of ether oxygens (including phenoxy) is 2. The number of aromatic nitrogens is 1. The summed E-state index contributed by atoms with van der Waals surface area (Å²) in [6.07, 6.45) is 1.67. The summed E-state index contributed by atoms with van der Waals surface area (Å²) in [4.78, 5) is 14.1. The summed E-state index contributed by atoms with van der Waals surface area (Å²) in [6.45, 7) is 0. The summed E-state index contributed by atoms with van der Waals surface area (Å²) >= 11 is 0. The van der Waals surface area contributed by atoms with Crippen molar-refractivity contribution >= 4 is 16.9 Å². The van der Waals surface area contributed by atoms with Crippen molar-refractivity contribution in [3.8, 4) is 11.5 Å². The molecule has 84 valence electrons. The van der Waals surface area contributed by atoms with Crippen LogP contribution in [0.2, 0.25) is 0 Å². The fourth-order valence-corrected chi connectivity index (χ4v) is 1.72. The Kier molecular flexibility index (Phi) is 2.44. The van der Waals surface area contributed by atoms with Gasteiger partial charge < -0.3 is 19.6 Å². The van der Waals surface area contributed by atoms with Crippen LogP contribution < -0.4 is 9.47 Å². The zero-order chi connectivity index (χ0) is 11.7. The van der Waals surface area contributed by atoms with E-state index < -0.39 is 5.97 Å². The topological polar surface area (TPSA) is 71.5 Å². The Balaban J connectivity index is 2.85. The molecular weight excluding hydrogens is 210 g/mol. The second-order valence-electron chi connectivity index (χ2n) is 3.23. The molecule has 1 heterocycles. The molecule has 0 fully saturated rings. The van der Waals surface area contributed by atoms with Crippen LogP contribution in [0, 0.1) is 0 Å². The summed E-state index contributed by atoms with van der Waals surface area (Å²) in [7, 11) is 2.95. The van der Waals surface area contributed by atoms with Gasteiger partial charge in [-0.1, -0.05) is 0 Å². The van der Waals surface area contributed by atoms with E-state index in [-0.39, 0.29) is 11.3 Å². The molecule has 2 aromatic rings. The molecule has 0 saturated heterocycles. The average molecular weight is 221 g/mol. The smallest absolute Gasteiger partial charge is 0.340 e. The predicted octanol–water partition coefficient (Wildman–Crippen LogP) is 1.88. The normalized spacial score (nSPS) is 10.4. The Hall–Kier alpha value is -2.17. The zero-order valence-corrected chi connectivity index (χ0v) is 8.90. The largest absolute Gasteiger partial charge is 0.496 e. The lowest BCUT2D eigenvalue weighted by Crippen LogP contribution is -2.02. The van der Waals surface area contributed by atoms with Gasteiger partial charge in [-0.15, -0.1) is 0 Å². The van der Waals surface area contributed by atoms with Crippen LogP contribution in [0.25, 0.3) is 10.9 Å². The molecule has 1 aromatic heterocycles. The lowest BCUT2D eigenvalue weighted by molar-refractivity contribution is 0.0695. The van der Waals surface area contributed by atoms with Crippen LogP contribution in [0.5, 0.6) is 11.5 Å². The molecule has 5 nitrogen and oxygen atoms in total. The number of carboxylic acid groups (broad SMARTS) is 1. The Labute approximate surface area is 91.6 Å². The van der Waals surface area contributed by atoms with Crippen molar-refractivity contribution in [2.75, 3.05) is 14.2 Å². The highest BCUT2D eigenvalue weighted by Gasteiger charge is 2.19. The molecule has 2 rings (SSSR count). The summed E-state index contributed by atoms with van der Waals surface area (Å²) in [5, 5.41) is 9.71. The first-order valence-electron chi connectivity index (χ1n) is 4.64. The first-order chi connectivity index (χ1) is 7.69. The van der Waals surface area contributed by atoms with Gasteiger partial charge in [-0.25, -0.2) is 4.79 Å². The maximum Gasteiger partial charge on any atom is 0.340 e. The van der Waals surface area contributed by atoms with Gasteiger partial charge in [0.05, 0.1) is 19.7 Å². The number of hydrogen-bond acceptors (Lipinski definition) is 3. The third-order valence-corrected chi connectivity index (χ3v) is 2.43. The molecule has 1 aromatic carbocycles. The molecule has 16 heavy (non-hydrogen) atoms. The number of benzene rings is 1. The van der Waals surface area contributed by atoms with Crippen molar-refractivity contribution in [2.24, 2.45) is 0 Å². The van der Waals surface area contributed by atoms with Crippen molar-refractivity contribution in [1.82, 2.24) is 4.98 Å². The minimum absolute atomic E-state index is 0.138. The van der Waals surface area contributed by atoms with E-state index in [1.165, 1.54) is 14.2 Å². The molecule has 0 spiro atoms. The van der Waals surface area contributed by atoms with Gasteiger partial charge in [0.25, 0.3) is 0 Å². The quantitative estimate of drug-likeness (QED) is 0.830. The van der Waals surface area contributed by atoms with Crippen LogP contribution in [0.4, 0.5) is 0 Å². The Morgan fingerprint density at radius 2 is 2.00 bits per heavy atom. The average Bonchev–Trinajstić information content (AvgIpc) is 2.74. The first kappa shape index (κ1) is 10.4. The monoisotopic (exact) mass is 221 g/mol. The molecule has 0 saturated carbocycles. The highest BCUT2D eigenvalue weighted by molar-refractivity contribution is 6.07. The molecule has 0 aliphatic carbocycles. The lowest BCUT2D eigenvalue weighted by atomic mass is 10.1. The van der Waals surface area contributed by atoms with Crippen LogP contribution in [-0.4, -0.2) is 30.3 Å². The van der Waals surface area contributed by atoms with Gasteiger partial charge in [-0.3, -0.25) is 0 Å². The fourth-order valence-electron chi connectivity index (χ4n) is 1.72. The van der Waals surface area contributed by atoms with Crippen molar-refractivity contribution in [2.45, 2.75) is 0 Å². The summed E-state index contributed by atoms with van der Waals surface area (Å²) in [5.74, 6) is -0.178. The number of fused-ring (bicyclic) bond motifs is 1. The SMILES string of the molecule is COc1cc(OC)c2[nH]ccc2c1C(=O)O. The predicted molar refractivity (Wildman–Crippen MR) is 58.4 cm³/mol. The van der Waals surface area contributed by atoms with E-state index in [9.17, 15) is 4.79 Å². The van der Waals surface area contributed by atoms with Gasteiger partial charge in [-0.2, -0.15) is 0 Å². The number of aromatic carboxylic acids is 1. The van der Waals surface area contributed by atoms with Crippen LogP contribution >= 0.6 is 0 Å². The standard InChI is InChI=1S/C11H11NO4/c1-15-7-5-8(16-2)10-6(3-4-12-10)9(7)11(13)14/h3-5,12H,1-2H3,(H,13,14). The molecular formula is C11H11NO4. The van der Waals surface area contributed by atoms with Crippen molar-refractivity contribution < 1.29 is 19.4 Å².